The van der Waals surface area contributed by atoms with E-state index in [9.17, 15) is 19.0 Å². The SMILES string of the molecule is CC/C=C\C/C=C\C/C=C\C/C=C\C/C=C\C/C=C\CCCCCCCCCCC(=O)OC(COC(=O)CCC/C=C\C/C=C\C/C=C\C/C=C\C/C=C\CC)COP(=O)([O-])OCC[N+](C)(C)C. The molecule has 2 unspecified atom stereocenters. The lowest BCUT2D eigenvalue weighted by Crippen LogP contribution is -2.37. The van der Waals surface area contributed by atoms with E-state index in [1.807, 2.05) is 27.2 Å². The van der Waals surface area contributed by atoms with E-state index in [1.165, 1.54) is 25.7 Å². The van der Waals surface area contributed by atoms with E-state index >= 15 is 0 Å². The maximum Gasteiger partial charge on any atom is 0.306 e. The van der Waals surface area contributed by atoms with Crippen molar-refractivity contribution < 1.29 is 42.1 Å². The summed E-state index contributed by atoms with van der Waals surface area (Å²) < 4.78 is 34.0. The fourth-order valence-electron chi connectivity index (χ4n) is 6.22. The van der Waals surface area contributed by atoms with Crippen LogP contribution in [0, 0.1) is 0 Å². The van der Waals surface area contributed by atoms with Crippen LogP contribution in [0.15, 0.2) is 134 Å². The zero-order chi connectivity index (χ0) is 49.9. The highest BCUT2D eigenvalue weighted by molar-refractivity contribution is 7.45. The van der Waals surface area contributed by atoms with Gasteiger partial charge in [-0.15, -0.1) is 0 Å². The normalized spacial score (nSPS) is 14.5. The van der Waals surface area contributed by atoms with Crippen LogP contribution in [-0.4, -0.2) is 70.0 Å². The van der Waals surface area contributed by atoms with Crippen molar-refractivity contribution in [3.63, 3.8) is 0 Å². The molecule has 0 saturated carbocycles. The van der Waals surface area contributed by atoms with Crippen LogP contribution in [0.5, 0.6) is 0 Å². The van der Waals surface area contributed by atoms with Crippen LogP contribution in [0.25, 0.3) is 0 Å². The Morgan fingerprint density at radius 2 is 0.809 bits per heavy atom. The molecule has 0 spiro atoms. The van der Waals surface area contributed by atoms with Gasteiger partial charge in [0.2, 0.25) is 0 Å². The summed E-state index contributed by atoms with van der Waals surface area (Å²) in [4.78, 5) is 37.7. The van der Waals surface area contributed by atoms with Crippen molar-refractivity contribution in [2.75, 3.05) is 47.5 Å². The predicted octanol–water partition coefficient (Wildman–Crippen LogP) is 15.2. The second-order valence-corrected chi connectivity index (χ2v) is 19.2. The van der Waals surface area contributed by atoms with Crippen molar-refractivity contribution in [1.29, 1.82) is 0 Å². The Morgan fingerprint density at radius 3 is 1.22 bits per heavy atom. The van der Waals surface area contributed by atoms with Gasteiger partial charge in [-0.1, -0.05) is 186 Å². The lowest BCUT2D eigenvalue weighted by Gasteiger charge is -2.28. The third-order valence-electron chi connectivity index (χ3n) is 10.2. The Labute approximate surface area is 415 Å². The summed E-state index contributed by atoms with van der Waals surface area (Å²) in [5.74, 6) is -0.925. The Balaban J connectivity index is 4.35. The molecule has 384 valence electrons. The van der Waals surface area contributed by atoms with E-state index in [4.69, 9.17) is 18.5 Å². The summed E-state index contributed by atoms with van der Waals surface area (Å²) in [5.41, 5.74) is 0. The lowest BCUT2D eigenvalue weighted by atomic mass is 10.1. The first-order chi connectivity index (χ1) is 33.0. The Kier molecular flexibility index (Phi) is 45.5. The largest absolute Gasteiger partial charge is 0.756 e. The fraction of sp³-hybridized carbons (Fsp3) is 0.586. The van der Waals surface area contributed by atoms with Crippen LogP contribution in [0.3, 0.4) is 0 Å². The molecule has 0 fully saturated rings. The molecule has 0 aromatic rings. The number of rotatable bonds is 45. The fourth-order valence-corrected chi connectivity index (χ4v) is 6.95. The van der Waals surface area contributed by atoms with E-state index in [0.717, 1.165) is 103 Å². The molecule has 68 heavy (non-hydrogen) atoms. The first-order valence-electron chi connectivity index (χ1n) is 25.9. The van der Waals surface area contributed by atoms with Gasteiger partial charge in [0.05, 0.1) is 27.7 Å². The number of esters is 2. The molecule has 0 rings (SSSR count). The lowest BCUT2D eigenvalue weighted by molar-refractivity contribution is -0.870. The minimum Gasteiger partial charge on any atom is -0.756 e. The topological polar surface area (TPSA) is 111 Å². The van der Waals surface area contributed by atoms with Crippen molar-refractivity contribution in [3.8, 4) is 0 Å². The van der Waals surface area contributed by atoms with E-state index in [1.54, 1.807) is 0 Å². The second-order valence-electron chi connectivity index (χ2n) is 17.8. The summed E-state index contributed by atoms with van der Waals surface area (Å²) in [5, 5.41) is 0. The van der Waals surface area contributed by atoms with Crippen LogP contribution >= 0.6 is 7.82 Å². The number of unbranched alkanes of at least 4 members (excludes halogenated alkanes) is 9. The number of phosphoric ester groups is 1. The number of quaternary nitrogens is 1. The molecule has 0 N–H and O–H groups in total. The summed E-state index contributed by atoms with van der Waals surface area (Å²) in [6, 6.07) is 0. The van der Waals surface area contributed by atoms with Crippen molar-refractivity contribution >= 4 is 19.8 Å². The number of carbonyl (C=O) groups excluding carboxylic acids is 2. The van der Waals surface area contributed by atoms with Crippen LogP contribution < -0.4 is 4.89 Å². The highest BCUT2D eigenvalue weighted by atomic mass is 31.2. The predicted molar refractivity (Wildman–Crippen MR) is 286 cm³/mol. The zero-order valence-corrected chi connectivity index (χ0v) is 44.1. The molecule has 10 heteroatoms. The van der Waals surface area contributed by atoms with Crippen molar-refractivity contribution in [3.05, 3.63) is 134 Å². The molecule has 0 aliphatic heterocycles. The van der Waals surface area contributed by atoms with E-state index in [2.05, 4.69) is 141 Å². The maximum atomic E-state index is 12.8. The van der Waals surface area contributed by atoms with E-state index in [-0.39, 0.29) is 26.1 Å². The molecule has 0 radical (unpaired) electrons. The summed E-state index contributed by atoms with van der Waals surface area (Å²) >= 11 is 0. The number of allylic oxidation sites excluding steroid dienone is 22. The number of hydrogen-bond acceptors (Lipinski definition) is 8. The monoisotopic (exact) mass is 964 g/mol. The van der Waals surface area contributed by atoms with Crippen LogP contribution in [0.4, 0.5) is 0 Å². The van der Waals surface area contributed by atoms with Crippen LogP contribution in [0.2, 0.25) is 0 Å². The van der Waals surface area contributed by atoms with Crippen molar-refractivity contribution in [1.82, 2.24) is 0 Å². The highest BCUT2D eigenvalue weighted by Gasteiger charge is 2.21. The Morgan fingerprint density at radius 1 is 0.456 bits per heavy atom. The Hall–Kier alpha value is -3.85. The number of ether oxygens (including phenoxy) is 2. The number of likely N-dealkylation sites (N-methyl/N-ethyl adjacent to an activating group) is 1. The maximum absolute atomic E-state index is 12.8. The van der Waals surface area contributed by atoms with Crippen LogP contribution in [0.1, 0.15) is 168 Å². The van der Waals surface area contributed by atoms with Gasteiger partial charge in [0.25, 0.3) is 7.82 Å². The first-order valence-corrected chi connectivity index (χ1v) is 27.4. The van der Waals surface area contributed by atoms with Gasteiger partial charge in [-0.05, 0) is 103 Å². The van der Waals surface area contributed by atoms with Gasteiger partial charge < -0.3 is 27.9 Å². The molecular weight excluding hydrogens is 870 g/mol. The molecule has 0 aromatic heterocycles. The zero-order valence-electron chi connectivity index (χ0n) is 43.2. The number of hydrogen-bond donors (Lipinski definition) is 0. The first kappa shape index (κ1) is 64.2. The molecule has 0 aliphatic carbocycles. The third kappa shape index (κ3) is 51.5. The second kappa shape index (κ2) is 48.2. The van der Waals surface area contributed by atoms with Crippen LogP contribution in [-0.2, 0) is 32.7 Å². The summed E-state index contributed by atoms with van der Waals surface area (Å²) in [6.07, 6.45) is 69.2. The van der Waals surface area contributed by atoms with Crippen molar-refractivity contribution in [2.45, 2.75) is 174 Å². The standard InChI is InChI=1S/C58H94NO8P/c1-6-8-10-12-14-16-18-20-22-24-25-26-27-28-29-30-31-32-33-35-37-39-41-43-45-47-49-51-58(61)67-56(55-66-68(62,63)65-53-52-59(3,4)5)54-64-57(60)50-48-46-44-42-40-38-36-34-23-21-19-17-15-13-11-9-7-2/h8-11,14-17,20-23,25-26,28-29,31-32,36,38,42,44,56H,6-7,12-13,18-19,24,27,30,33-35,37,39-41,43,45-55H2,1-5H3/b10-8-,11-9-,16-14-,17-15-,22-20-,23-21-,26-25-,29-28-,32-31-,38-36-,44-42-. The average Bonchev–Trinajstić information content (AvgIpc) is 3.30. The number of carbonyl (C=O) groups is 2. The van der Waals surface area contributed by atoms with Gasteiger partial charge in [0.1, 0.15) is 19.8 Å². The quantitative estimate of drug-likeness (QED) is 0.0195. The molecular formula is C58H94NO8P. The molecule has 9 nitrogen and oxygen atoms in total. The highest BCUT2D eigenvalue weighted by Crippen LogP contribution is 2.38. The van der Waals surface area contributed by atoms with Gasteiger partial charge in [0, 0.05) is 12.8 Å². The summed E-state index contributed by atoms with van der Waals surface area (Å²) in [6.45, 7) is 3.90. The van der Waals surface area contributed by atoms with Gasteiger partial charge >= 0.3 is 11.9 Å². The Bertz CT molecular complexity index is 1610. The molecule has 0 heterocycles. The molecule has 0 aromatic carbocycles. The molecule has 0 bridgehead atoms. The van der Waals surface area contributed by atoms with Gasteiger partial charge in [-0.3, -0.25) is 14.2 Å². The minimum atomic E-state index is -4.66. The van der Waals surface area contributed by atoms with E-state index in [0.29, 0.717) is 23.9 Å². The summed E-state index contributed by atoms with van der Waals surface area (Å²) in [7, 11) is 1.10. The van der Waals surface area contributed by atoms with E-state index < -0.39 is 32.5 Å². The number of phosphoric acid groups is 1. The molecule has 0 amide bonds. The van der Waals surface area contributed by atoms with Crippen molar-refractivity contribution in [2.24, 2.45) is 0 Å². The minimum absolute atomic E-state index is 0.0497. The van der Waals surface area contributed by atoms with Gasteiger partial charge in [0.15, 0.2) is 6.10 Å². The van der Waals surface area contributed by atoms with Gasteiger partial charge in [-0.25, -0.2) is 0 Å². The molecule has 2 atom stereocenters. The average molecular weight is 964 g/mol. The molecule has 0 aliphatic rings. The van der Waals surface area contributed by atoms with Gasteiger partial charge in [-0.2, -0.15) is 0 Å². The number of nitrogens with zero attached hydrogens (tertiary/aromatic N) is 1. The smallest absolute Gasteiger partial charge is 0.306 e. The third-order valence-corrected chi connectivity index (χ3v) is 11.1. The molecule has 0 saturated heterocycles.